The molecule has 1 amide bonds. The second kappa shape index (κ2) is 5.29. The van der Waals surface area contributed by atoms with E-state index >= 15 is 0 Å². The lowest BCUT2D eigenvalue weighted by molar-refractivity contribution is -0.124. The third-order valence-corrected chi connectivity index (χ3v) is 3.09. The molecule has 1 unspecified atom stereocenters. The molecule has 92 valence electrons. The Bertz CT molecular complexity index is 374. The van der Waals surface area contributed by atoms with Crippen molar-refractivity contribution in [3.63, 3.8) is 0 Å². The molecule has 4 heteroatoms. The highest BCUT2D eigenvalue weighted by Crippen LogP contribution is 2.19. The Morgan fingerprint density at radius 3 is 2.65 bits per heavy atom. The maximum absolute atomic E-state index is 11.7. The Morgan fingerprint density at radius 2 is 2.06 bits per heavy atom. The smallest absolute Gasteiger partial charge is 0.237 e. The Balaban J connectivity index is 1.79. The fourth-order valence-electron chi connectivity index (χ4n) is 1.97. The number of aliphatic hydroxyl groups excluding tert-OH is 1. The first kappa shape index (κ1) is 12.1. The van der Waals surface area contributed by atoms with Gasteiger partial charge in [0.1, 0.15) is 0 Å². The van der Waals surface area contributed by atoms with E-state index in [1.165, 1.54) is 0 Å². The second-order valence-corrected chi connectivity index (χ2v) is 4.63. The van der Waals surface area contributed by atoms with Crippen LogP contribution < -0.4 is 11.1 Å². The first-order chi connectivity index (χ1) is 8.15. The van der Waals surface area contributed by atoms with Crippen molar-refractivity contribution in [1.29, 1.82) is 0 Å². The number of nitrogens with one attached hydrogen (secondary N) is 1. The van der Waals surface area contributed by atoms with Crippen LogP contribution in [0.1, 0.15) is 18.4 Å². The van der Waals surface area contributed by atoms with E-state index in [0.717, 1.165) is 5.56 Å². The minimum absolute atomic E-state index is 0.0966. The molecule has 0 aromatic heterocycles. The van der Waals surface area contributed by atoms with Gasteiger partial charge < -0.3 is 16.2 Å². The average Bonchev–Trinajstić information content (AvgIpc) is 2.28. The highest BCUT2D eigenvalue weighted by molar-refractivity contribution is 5.82. The van der Waals surface area contributed by atoms with Crippen LogP contribution in [-0.2, 0) is 11.2 Å². The van der Waals surface area contributed by atoms with Crippen molar-refractivity contribution in [1.82, 2.24) is 5.32 Å². The van der Waals surface area contributed by atoms with Crippen LogP contribution in [0.3, 0.4) is 0 Å². The summed E-state index contributed by atoms with van der Waals surface area (Å²) in [4.78, 5) is 11.7. The summed E-state index contributed by atoms with van der Waals surface area (Å²) in [5.41, 5.74) is 6.90. The molecule has 1 atom stereocenters. The number of hydrogen-bond acceptors (Lipinski definition) is 3. The van der Waals surface area contributed by atoms with Gasteiger partial charge in [-0.2, -0.15) is 0 Å². The Hall–Kier alpha value is -1.39. The van der Waals surface area contributed by atoms with Gasteiger partial charge in [-0.25, -0.2) is 0 Å². The zero-order valence-corrected chi connectivity index (χ0v) is 9.67. The average molecular weight is 234 g/mol. The van der Waals surface area contributed by atoms with Crippen molar-refractivity contribution in [2.75, 3.05) is 0 Å². The van der Waals surface area contributed by atoms with E-state index < -0.39 is 6.04 Å². The Morgan fingerprint density at radius 1 is 1.41 bits per heavy atom. The molecule has 0 spiro atoms. The molecule has 1 aromatic rings. The summed E-state index contributed by atoms with van der Waals surface area (Å²) in [5, 5.41) is 12.0. The van der Waals surface area contributed by atoms with Crippen molar-refractivity contribution >= 4 is 5.91 Å². The lowest BCUT2D eigenvalue weighted by Gasteiger charge is -2.32. The molecule has 2 rings (SSSR count). The van der Waals surface area contributed by atoms with Crippen LogP contribution in [0, 0.1) is 0 Å². The fourth-order valence-corrected chi connectivity index (χ4v) is 1.97. The van der Waals surface area contributed by atoms with Crippen LogP contribution in [-0.4, -0.2) is 29.2 Å². The van der Waals surface area contributed by atoms with Crippen LogP contribution in [0.15, 0.2) is 30.3 Å². The number of aliphatic hydroxyl groups is 1. The van der Waals surface area contributed by atoms with Gasteiger partial charge >= 0.3 is 0 Å². The Kier molecular flexibility index (Phi) is 3.76. The van der Waals surface area contributed by atoms with Gasteiger partial charge in [-0.3, -0.25) is 4.79 Å². The molecule has 0 radical (unpaired) electrons. The molecular weight excluding hydrogens is 216 g/mol. The molecule has 1 aliphatic rings. The molecule has 0 saturated heterocycles. The van der Waals surface area contributed by atoms with Crippen LogP contribution >= 0.6 is 0 Å². The number of rotatable bonds is 4. The van der Waals surface area contributed by atoms with Crippen LogP contribution in [0.4, 0.5) is 0 Å². The van der Waals surface area contributed by atoms with E-state index in [-0.39, 0.29) is 18.1 Å². The summed E-state index contributed by atoms with van der Waals surface area (Å²) in [7, 11) is 0. The molecule has 4 nitrogen and oxygen atoms in total. The van der Waals surface area contributed by atoms with E-state index in [9.17, 15) is 4.79 Å². The molecule has 1 saturated carbocycles. The van der Waals surface area contributed by atoms with Crippen LogP contribution in [0.5, 0.6) is 0 Å². The molecule has 17 heavy (non-hydrogen) atoms. The van der Waals surface area contributed by atoms with Crippen molar-refractivity contribution in [2.45, 2.75) is 37.5 Å². The molecule has 4 N–H and O–H groups in total. The highest BCUT2D eigenvalue weighted by atomic mass is 16.3. The zero-order valence-electron chi connectivity index (χ0n) is 9.67. The summed E-state index contributed by atoms with van der Waals surface area (Å²) in [6.45, 7) is 0. The predicted octanol–water partition coefficient (Wildman–Crippen LogP) is 0.196. The monoisotopic (exact) mass is 234 g/mol. The maximum atomic E-state index is 11.7. The predicted molar refractivity (Wildman–Crippen MR) is 65.3 cm³/mol. The number of benzene rings is 1. The quantitative estimate of drug-likeness (QED) is 0.696. The standard InChI is InChI=1S/C13H18N2O2/c14-12(6-9-4-2-1-3-5-9)13(17)15-10-7-11(16)8-10/h1-5,10-12,16H,6-8,14H2,(H,15,17). The molecular formula is C13H18N2O2. The van der Waals surface area contributed by atoms with Gasteiger partial charge in [0.05, 0.1) is 12.1 Å². The van der Waals surface area contributed by atoms with Crippen molar-refractivity contribution in [2.24, 2.45) is 5.73 Å². The van der Waals surface area contributed by atoms with E-state index in [1.54, 1.807) is 0 Å². The van der Waals surface area contributed by atoms with E-state index in [4.69, 9.17) is 10.8 Å². The van der Waals surface area contributed by atoms with Crippen molar-refractivity contribution < 1.29 is 9.90 Å². The number of carbonyl (C=O) groups excluding carboxylic acids is 1. The van der Waals surface area contributed by atoms with Crippen LogP contribution in [0.25, 0.3) is 0 Å². The normalized spacial score (nSPS) is 24.8. The van der Waals surface area contributed by atoms with Gasteiger partial charge in [-0.1, -0.05) is 30.3 Å². The first-order valence-corrected chi connectivity index (χ1v) is 5.93. The van der Waals surface area contributed by atoms with E-state index in [0.29, 0.717) is 19.3 Å². The van der Waals surface area contributed by atoms with Crippen molar-refractivity contribution in [3.8, 4) is 0 Å². The maximum Gasteiger partial charge on any atom is 0.237 e. The number of carbonyl (C=O) groups is 1. The summed E-state index contributed by atoms with van der Waals surface area (Å²) < 4.78 is 0. The minimum atomic E-state index is -0.518. The van der Waals surface area contributed by atoms with Gasteiger partial charge in [0.25, 0.3) is 0 Å². The number of hydrogen-bond donors (Lipinski definition) is 3. The summed E-state index contributed by atoms with van der Waals surface area (Å²) in [6, 6.07) is 9.30. The third-order valence-electron chi connectivity index (χ3n) is 3.09. The largest absolute Gasteiger partial charge is 0.393 e. The van der Waals surface area contributed by atoms with Gasteiger partial charge in [-0.15, -0.1) is 0 Å². The first-order valence-electron chi connectivity index (χ1n) is 5.93. The molecule has 1 aromatic carbocycles. The molecule has 1 fully saturated rings. The van der Waals surface area contributed by atoms with E-state index in [2.05, 4.69) is 5.32 Å². The van der Waals surface area contributed by atoms with Gasteiger partial charge in [-0.05, 0) is 24.8 Å². The number of nitrogens with two attached hydrogens (primary N) is 1. The van der Waals surface area contributed by atoms with Gasteiger partial charge in [0, 0.05) is 6.04 Å². The molecule has 0 aliphatic heterocycles. The van der Waals surface area contributed by atoms with E-state index in [1.807, 2.05) is 30.3 Å². The topological polar surface area (TPSA) is 75.4 Å². The Labute approximate surface area is 101 Å². The molecule has 0 heterocycles. The van der Waals surface area contributed by atoms with Gasteiger partial charge in [0.2, 0.25) is 5.91 Å². The third kappa shape index (κ3) is 3.28. The summed E-state index contributed by atoms with van der Waals surface area (Å²) in [5.74, 6) is -0.134. The summed E-state index contributed by atoms with van der Waals surface area (Å²) in [6.07, 6.45) is 1.57. The molecule has 0 bridgehead atoms. The SMILES string of the molecule is NC(Cc1ccccc1)C(=O)NC1CC(O)C1. The summed E-state index contributed by atoms with van der Waals surface area (Å²) >= 11 is 0. The second-order valence-electron chi connectivity index (χ2n) is 4.63. The molecule has 1 aliphatic carbocycles. The lowest BCUT2D eigenvalue weighted by Crippen LogP contribution is -2.52. The minimum Gasteiger partial charge on any atom is -0.393 e. The fraction of sp³-hybridized carbons (Fsp3) is 0.462. The number of amides is 1. The van der Waals surface area contributed by atoms with Crippen LogP contribution in [0.2, 0.25) is 0 Å². The van der Waals surface area contributed by atoms with Gasteiger partial charge in [0.15, 0.2) is 0 Å². The zero-order chi connectivity index (χ0) is 12.3. The van der Waals surface area contributed by atoms with Crippen molar-refractivity contribution in [3.05, 3.63) is 35.9 Å². The lowest BCUT2D eigenvalue weighted by atomic mass is 9.89. The highest BCUT2D eigenvalue weighted by Gasteiger charge is 2.29.